The first kappa shape index (κ1) is 15.8. The fraction of sp³-hybridized carbons (Fsp3) is 0.0500. The third-order valence-electron chi connectivity index (χ3n) is 3.63. The van der Waals surface area contributed by atoms with Crippen LogP contribution in [0.1, 0.15) is 5.69 Å². The molecule has 0 aromatic carbocycles. The summed E-state index contributed by atoms with van der Waals surface area (Å²) in [6.45, 7) is 1.93. The molecule has 0 spiro atoms. The number of nitrogens with one attached hydrogen (secondary N) is 1. The molecule has 0 radical (unpaired) electrons. The summed E-state index contributed by atoms with van der Waals surface area (Å²) in [6, 6.07) is 16.7. The second-order valence-corrected chi connectivity index (χ2v) is 5.60. The smallest absolute Gasteiger partial charge is 0.156 e. The van der Waals surface area contributed by atoms with Crippen LogP contribution in [0.4, 0.5) is 11.6 Å². The molecule has 0 atom stereocenters. The Balaban J connectivity index is 1.61. The number of pyridine rings is 3. The van der Waals surface area contributed by atoms with E-state index < -0.39 is 0 Å². The minimum Gasteiger partial charge on any atom is -0.463 e. The van der Waals surface area contributed by atoms with Crippen LogP contribution in [0.25, 0.3) is 11.5 Å². The minimum atomic E-state index is 0.612. The summed E-state index contributed by atoms with van der Waals surface area (Å²) in [5.74, 6) is 3.26. The summed E-state index contributed by atoms with van der Waals surface area (Å²) in [4.78, 5) is 13.1. The molecule has 0 amide bonds. The molecule has 26 heavy (non-hydrogen) atoms. The lowest BCUT2D eigenvalue weighted by molar-refractivity contribution is 0.477. The zero-order valence-corrected chi connectivity index (χ0v) is 14.1. The van der Waals surface area contributed by atoms with Crippen LogP contribution in [0.3, 0.4) is 0 Å². The fourth-order valence-electron chi connectivity index (χ4n) is 2.45. The Morgan fingerprint density at radius 2 is 1.85 bits per heavy atom. The second kappa shape index (κ2) is 7.06. The highest BCUT2D eigenvalue weighted by molar-refractivity contribution is 5.62. The first-order valence-corrected chi connectivity index (χ1v) is 8.11. The lowest BCUT2D eigenvalue weighted by Gasteiger charge is -2.11. The van der Waals surface area contributed by atoms with Gasteiger partial charge in [-0.15, -0.1) is 0 Å². The highest BCUT2D eigenvalue weighted by Gasteiger charge is 2.12. The Labute approximate surface area is 150 Å². The molecule has 6 heteroatoms. The van der Waals surface area contributed by atoms with Gasteiger partial charge in [0.15, 0.2) is 11.5 Å². The third kappa shape index (κ3) is 3.54. The van der Waals surface area contributed by atoms with Gasteiger partial charge in [-0.2, -0.15) is 0 Å². The Morgan fingerprint density at radius 3 is 2.65 bits per heavy atom. The van der Waals surface area contributed by atoms with Crippen molar-refractivity contribution in [2.45, 2.75) is 6.92 Å². The van der Waals surface area contributed by atoms with Crippen molar-refractivity contribution in [3.63, 3.8) is 0 Å². The molecule has 0 saturated carbocycles. The Bertz CT molecular complexity index is 1000. The number of rotatable bonds is 5. The van der Waals surface area contributed by atoms with Crippen molar-refractivity contribution in [1.29, 1.82) is 0 Å². The van der Waals surface area contributed by atoms with Crippen molar-refractivity contribution in [3.05, 3.63) is 78.9 Å². The number of furan rings is 1. The van der Waals surface area contributed by atoms with Gasteiger partial charge in [-0.3, -0.25) is 0 Å². The van der Waals surface area contributed by atoms with E-state index in [1.54, 1.807) is 30.8 Å². The number of anilines is 2. The summed E-state index contributed by atoms with van der Waals surface area (Å²) in [5.41, 5.74) is 1.54. The number of nitrogens with zero attached hydrogens (tertiary/aromatic N) is 3. The van der Waals surface area contributed by atoms with Crippen molar-refractivity contribution in [1.82, 2.24) is 15.0 Å². The van der Waals surface area contributed by atoms with E-state index in [0.717, 1.165) is 5.69 Å². The van der Waals surface area contributed by atoms with Gasteiger partial charge in [-0.1, -0.05) is 6.07 Å². The van der Waals surface area contributed by atoms with Crippen molar-refractivity contribution < 1.29 is 9.15 Å². The average Bonchev–Trinajstić information content (AvgIpc) is 3.19. The van der Waals surface area contributed by atoms with Gasteiger partial charge in [-0.25, -0.2) is 15.0 Å². The standard InChI is InChI=1S/C20H16N4O2/c1-14-7-8-17(20(23-14)16-5-4-12-25-16)26-15-9-11-22-19(13-15)24-18-6-2-3-10-21-18/h2-13H,1H3,(H,21,22,24). The van der Waals surface area contributed by atoms with E-state index in [1.807, 2.05) is 49.4 Å². The maximum atomic E-state index is 6.04. The Morgan fingerprint density at radius 1 is 0.923 bits per heavy atom. The number of hydrogen-bond donors (Lipinski definition) is 1. The molecule has 0 saturated heterocycles. The van der Waals surface area contributed by atoms with Crippen molar-refractivity contribution in [2.75, 3.05) is 5.32 Å². The average molecular weight is 344 g/mol. The molecule has 0 aliphatic heterocycles. The molecule has 0 unspecified atom stereocenters. The Kier molecular flexibility index (Phi) is 4.30. The monoisotopic (exact) mass is 344 g/mol. The molecule has 0 aliphatic rings. The zero-order valence-electron chi connectivity index (χ0n) is 14.1. The van der Waals surface area contributed by atoms with Gasteiger partial charge >= 0.3 is 0 Å². The topological polar surface area (TPSA) is 73.1 Å². The highest BCUT2D eigenvalue weighted by atomic mass is 16.5. The molecule has 0 fully saturated rings. The number of ether oxygens (including phenoxy) is 1. The fourth-order valence-corrected chi connectivity index (χ4v) is 2.45. The summed E-state index contributed by atoms with van der Waals surface area (Å²) < 4.78 is 11.5. The maximum absolute atomic E-state index is 6.04. The van der Waals surface area contributed by atoms with Crippen molar-refractivity contribution >= 4 is 11.6 Å². The maximum Gasteiger partial charge on any atom is 0.156 e. The molecule has 6 nitrogen and oxygen atoms in total. The van der Waals surface area contributed by atoms with E-state index >= 15 is 0 Å². The van der Waals surface area contributed by atoms with Crippen LogP contribution in [0.15, 0.2) is 77.7 Å². The van der Waals surface area contributed by atoms with Crippen LogP contribution in [0.5, 0.6) is 11.5 Å². The SMILES string of the molecule is Cc1ccc(Oc2ccnc(Nc3ccccn3)c2)c(-c2ccco2)n1. The third-order valence-corrected chi connectivity index (χ3v) is 3.63. The van der Waals surface area contributed by atoms with E-state index in [4.69, 9.17) is 9.15 Å². The predicted molar refractivity (Wildman–Crippen MR) is 98.5 cm³/mol. The van der Waals surface area contributed by atoms with Crippen molar-refractivity contribution in [3.8, 4) is 23.0 Å². The number of hydrogen-bond acceptors (Lipinski definition) is 6. The normalized spacial score (nSPS) is 10.5. The highest BCUT2D eigenvalue weighted by Crippen LogP contribution is 2.33. The van der Waals surface area contributed by atoms with Crippen LogP contribution in [0.2, 0.25) is 0 Å². The molecule has 4 rings (SSSR count). The van der Waals surface area contributed by atoms with E-state index in [1.165, 1.54) is 0 Å². The summed E-state index contributed by atoms with van der Waals surface area (Å²) in [7, 11) is 0. The van der Waals surface area contributed by atoms with Crippen LogP contribution < -0.4 is 10.1 Å². The van der Waals surface area contributed by atoms with Gasteiger partial charge in [0, 0.05) is 24.2 Å². The summed E-state index contributed by atoms with van der Waals surface area (Å²) >= 11 is 0. The van der Waals surface area contributed by atoms with Gasteiger partial charge in [-0.05, 0) is 49.4 Å². The van der Waals surface area contributed by atoms with Gasteiger partial charge in [0.05, 0.1) is 6.26 Å². The first-order valence-electron chi connectivity index (χ1n) is 8.11. The van der Waals surface area contributed by atoms with Crippen LogP contribution in [-0.4, -0.2) is 15.0 Å². The lowest BCUT2D eigenvalue weighted by Crippen LogP contribution is -1.97. The van der Waals surface area contributed by atoms with Gasteiger partial charge in [0.25, 0.3) is 0 Å². The lowest BCUT2D eigenvalue weighted by atomic mass is 10.2. The first-order chi connectivity index (χ1) is 12.8. The van der Waals surface area contributed by atoms with E-state index in [2.05, 4.69) is 20.3 Å². The van der Waals surface area contributed by atoms with Gasteiger partial charge < -0.3 is 14.5 Å². The van der Waals surface area contributed by atoms with E-state index in [0.29, 0.717) is 34.6 Å². The molecule has 4 heterocycles. The summed E-state index contributed by atoms with van der Waals surface area (Å²) in [6.07, 6.45) is 5.01. The second-order valence-electron chi connectivity index (χ2n) is 5.60. The molecular formula is C20H16N4O2. The van der Waals surface area contributed by atoms with Crippen molar-refractivity contribution in [2.24, 2.45) is 0 Å². The Hall–Kier alpha value is -3.67. The summed E-state index contributed by atoms with van der Waals surface area (Å²) in [5, 5.41) is 3.14. The molecule has 4 aromatic heterocycles. The van der Waals surface area contributed by atoms with Crippen LogP contribution in [0, 0.1) is 6.92 Å². The van der Waals surface area contributed by atoms with Crippen LogP contribution >= 0.6 is 0 Å². The largest absolute Gasteiger partial charge is 0.463 e. The minimum absolute atomic E-state index is 0.612. The molecular weight excluding hydrogens is 328 g/mol. The zero-order chi connectivity index (χ0) is 17.8. The van der Waals surface area contributed by atoms with Crippen LogP contribution in [-0.2, 0) is 0 Å². The quantitative estimate of drug-likeness (QED) is 0.551. The van der Waals surface area contributed by atoms with E-state index in [9.17, 15) is 0 Å². The predicted octanol–water partition coefficient (Wildman–Crippen LogP) is 4.98. The van der Waals surface area contributed by atoms with Gasteiger partial charge in [0.1, 0.15) is 23.1 Å². The molecule has 4 aromatic rings. The molecule has 1 N–H and O–H groups in total. The molecule has 0 aliphatic carbocycles. The number of aromatic nitrogens is 3. The molecule has 128 valence electrons. The number of aryl methyl sites for hydroxylation is 1. The molecule has 0 bridgehead atoms. The van der Waals surface area contributed by atoms with E-state index in [-0.39, 0.29) is 0 Å². The van der Waals surface area contributed by atoms with Gasteiger partial charge in [0.2, 0.25) is 0 Å².